The summed E-state index contributed by atoms with van der Waals surface area (Å²) in [6.07, 6.45) is 96.4. The summed E-state index contributed by atoms with van der Waals surface area (Å²) in [4.78, 5) is 38.3. The number of unbranched alkanes of at least 4 members (excludes halogenated alkanes) is 16. The second-order valence-electron chi connectivity index (χ2n) is 20.2. The Labute approximate surface area is 485 Å². The van der Waals surface area contributed by atoms with Crippen molar-refractivity contribution in [1.29, 1.82) is 0 Å². The standard InChI is InChI=1S/C73H114O6/c1-4-7-10-13-16-19-22-25-27-29-30-31-32-33-34-35-36-37-38-39-40-41-42-44-45-48-51-54-57-60-63-66-72(75)78-69-70(68-77-71(74)65-62-59-56-53-50-47-24-21-18-15-12-9-6-3)79-73(76)67-64-61-58-55-52-49-46-43-28-26-23-20-17-14-11-8-5-2/h7-12,16-21,25-28,30-31,33-34,36-37,39-40,42,44,47,50,70H,4-6,13-15,22-24,29,32,35,38,41,43,45-46,48-49,51-69H2,1-3H3/b10-7-,11-8-,12-9-,19-16-,20-17-,21-18-,27-25-,28-26-,31-30-,34-33-,37-36-,40-39-,44-42-,50-47-. The lowest BCUT2D eigenvalue weighted by Gasteiger charge is -2.18. The lowest BCUT2D eigenvalue weighted by atomic mass is 10.1. The third-order valence-electron chi connectivity index (χ3n) is 12.7. The van der Waals surface area contributed by atoms with E-state index >= 15 is 0 Å². The van der Waals surface area contributed by atoms with Crippen LogP contribution in [0.3, 0.4) is 0 Å². The molecule has 0 bridgehead atoms. The van der Waals surface area contributed by atoms with E-state index < -0.39 is 6.10 Å². The summed E-state index contributed by atoms with van der Waals surface area (Å²) >= 11 is 0. The zero-order valence-electron chi connectivity index (χ0n) is 50.6. The smallest absolute Gasteiger partial charge is 0.306 e. The van der Waals surface area contributed by atoms with Crippen LogP contribution in [-0.4, -0.2) is 37.2 Å². The molecule has 6 heteroatoms. The highest BCUT2D eigenvalue weighted by Crippen LogP contribution is 2.14. The first-order valence-corrected chi connectivity index (χ1v) is 31.6. The molecule has 0 aliphatic rings. The minimum Gasteiger partial charge on any atom is -0.462 e. The fraction of sp³-hybridized carbons (Fsp3) is 0.575. The van der Waals surface area contributed by atoms with Crippen LogP contribution in [0.5, 0.6) is 0 Å². The van der Waals surface area contributed by atoms with Crippen LogP contribution in [0, 0.1) is 0 Å². The lowest BCUT2D eigenvalue weighted by molar-refractivity contribution is -0.167. The van der Waals surface area contributed by atoms with Gasteiger partial charge in [0.2, 0.25) is 0 Å². The maximum absolute atomic E-state index is 12.9. The van der Waals surface area contributed by atoms with Gasteiger partial charge >= 0.3 is 17.9 Å². The van der Waals surface area contributed by atoms with Crippen molar-refractivity contribution in [3.63, 3.8) is 0 Å². The van der Waals surface area contributed by atoms with Crippen molar-refractivity contribution in [2.24, 2.45) is 0 Å². The van der Waals surface area contributed by atoms with Gasteiger partial charge in [0.15, 0.2) is 6.10 Å². The Hall–Kier alpha value is -5.23. The van der Waals surface area contributed by atoms with Crippen LogP contribution in [0.15, 0.2) is 170 Å². The molecule has 6 nitrogen and oxygen atoms in total. The minimum atomic E-state index is -0.811. The molecule has 0 aliphatic heterocycles. The summed E-state index contributed by atoms with van der Waals surface area (Å²) in [6, 6.07) is 0. The largest absolute Gasteiger partial charge is 0.462 e. The van der Waals surface area contributed by atoms with Gasteiger partial charge in [-0.1, -0.05) is 255 Å². The van der Waals surface area contributed by atoms with Crippen molar-refractivity contribution >= 4 is 17.9 Å². The summed E-state index contributed by atoms with van der Waals surface area (Å²) in [7, 11) is 0. The normalized spacial score (nSPS) is 13.3. The molecule has 0 aromatic carbocycles. The molecule has 0 rings (SSSR count). The Balaban J connectivity index is 4.38. The Kier molecular flexibility index (Phi) is 61.0. The lowest BCUT2D eigenvalue weighted by Crippen LogP contribution is -2.30. The number of allylic oxidation sites excluding steroid dienone is 28. The second kappa shape index (κ2) is 65.3. The van der Waals surface area contributed by atoms with Crippen molar-refractivity contribution in [3.05, 3.63) is 170 Å². The summed E-state index contributed by atoms with van der Waals surface area (Å²) < 4.78 is 16.9. The molecule has 442 valence electrons. The molecule has 0 saturated carbocycles. The molecule has 0 aromatic heterocycles. The molecule has 0 aliphatic carbocycles. The van der Waals surface area contributed by atoms with Gasteiger partial charge in [0.25, 0.3) is 0 Å². The van der Waals surface area contributed by atoms with Crippen LogP contribution in [0.2, 0.25) is 0 Å². The van der Waals surface area contributed by atoms with Gasteiger partial charge in [-0.2, -0.15) is 0 Å². The van der Waals surface area contributed by atoms with E-state index in [9.17, 15) is 14.4 Å². The van der Waals surface area contributed by atoms with Gasteiger partial charge in [-0.3, -0.25) is 14.4 Å². The van der Waals surface area contributed by atoms with Gasteiger partial charge in [-0.25, -0.2) is 0 Å². The quantitative estimate of drug-likeness (QED) is 0.0261. The molecule has 0 heterocycles. The molecule has 0 saturated heterocycles. The van der Waals surface area contributed by atoms with Crippen molar-refractivity contribution in [1.82, 2.24) is 0 Å². The zero-order chi connectivity index (χ0) is 57.1. The van der Waals surface area contributed by atoms with E-state index in [0.29, 0.717) is 19.3 Å². The minimum absolute atomic E-state index is 0.107. The van der Waals surface area contributed by atoms with Gasteiger partial charge in [0.1, 0.15) is 13.2 Å². The predicted molar refractivity (Wildman–Crippen MR) is 343 cm³/mol. The maximum atomic E-state index is 12.9. The Morgan fingerprint density at radius 2 is 0.456 bits per heavy atom. The van der Waals surface area contributed by atoms with Gasteiger partial charge in [0.05, 0.1) is 0 Å². The third kappa shape index (κ3) is 63.5. The number of carbonyl (C=O) groups excluding carboxylic acids is 3. The molecular weight excluding hydrogens is 973 g/mol. The van der Waals surface area contributed by atoms with Gasteiger partial charge < -0.3 is 14.2 Å². The van der Waals surface area contributed by atoms with Crippen molar-refractivity contribution in [2.75, 3.05) is 13.2 Å². The number of hydrogen-bond donors (Lipinski definition) is 0. The predicted octanol–water partition coefficient (Wildman–Crippen LogP) is 21.9. The van der Waals surface area contributed by atoms with Crippen LogP contribution < -0.4 is 0 Å². The van der Waals surface area contributed by atoms with E-state index in [1.807, 2.05) is 0 Å². The third-order valence-corrected chi connectivity index (χ3v) is 12.7. The van der Waals surface area contributed by atoms with Gasteiger partial charge in [-0.15, -0.1) is 0 Å². The average Bonchev–Trinajstić information content (AvgIpc) is 3.45. The van der Waals surface area contributed by atoms with Crippen LogP contribution in [0.1, 0.15) is 252 Å². The van der Waals surface area contributed by atoms with Gasteiger partial charge in [0, 0.05) is 19.3 Å². The molecule has 0 spiro atoms. The van der Waals surface area contributed by atoms with E-state index in [1.165, 1.54) is 32.1 Å². The van der Waals surface area contributed by atoms with E-state index in [2.05, 4.69) is 191 Å². The Bertz CT molecular complexity index is 1820. The Morgan fingerprint density at radius 3 is 0.722 bits per heavy atom. The fourth-order valence-electron chi connectivity index (χ4n) is 8.07. The monoisotopic (exact) mass is 1090 g/mol. The van der Waals surface area contributed by atoms with Crippen LogP contribution in [0.25, 0.3) is 0 Å². The van der Waals surface area contributed by atoms with E-state index in [0.717, 1.165) is 180 Å². The van der Waals surface area contributed by atoms with Crippen molar-refractivity contribution in [3.8, 4) is 0 Å². The highest BCUT2D eigenvalue weighted by molar-refractivity contribution is 5.71. The number of ether oxygens (including phenoxy) is 3. The van der Waals surface area contributed by atoms with Crippen LogP contribution >= 0.6 is 0 Å². The molecule has 0 aromatic rings. The van der Waals surface area contributed by atoms with E-state index in [4.69, 9.17) is 14.2 Å². The second-order valence-corrected chi connectivity index (χ2v) is 20.2. The zero-order valence-corrected chi connectivity index (χ0v) is 50.6. The molecular formula is C73H114O6. The van der Waals surface area contributed by atoms with Crippen LogP contribution in [-0.2, 0) is 28.6 Å². The summed E-state index contributed by atoms with van der Waals surface area (Å²) in [6.45, 7) is 6.24. The highest BCUT2D eigenvalue weighted by atomic mass is 16.6. The number of rotatable bonds is 55. The van der Waals surface area contributed by atoms with Crippen molar-refractivity contribution in [2.45, 2.75) is 258 Å². The Morgan fingerprint density at radius 1 is 0.253 bits per heavy atom. The molecule has 0 fully saturated rings. The molecule has 1 atom stereocenters. The number of carbonyl (C=O) groups is 3. The summed E-state index contributed by atoms with van der Waals surface area (Å²) in [5.74, 6) is -0.966. The number of hydrogen-bond acceptors (Lipinski definition) is 6. The highest BCUT2D eigenvalue weighted by Gasteiger charge is 2.19. The van der Waals surface area contributed by atoms with Crippen LogP contribution in [0.4, 0.5) is 0 Å². The molecule has 0 amide bonds. The summed E-state index contributed by atoms with van der Waals surface area (Å²) in [5.41, 5.74) is 0. The first-order chi connectivity index (χ1) is 39.0. The van der Waals surface area contributed by atoms with Gasteiger partial charge in [-0.05, 0) is 148 Å². The summed E-state index contributed by atoms with van der Waals surface area (Å²) in [5, 5.41) is 0. The maximum Gasteiger partial charge on any atom is 0.306 e. The van der Waals surface area contributed by atoms with Crippen molar-refractivity contribution < 1.29 is 28.6 Å². The average molecular weight is 1090 g/mol. The molecule has 0 N–H and O–H groups in total. The SMILES string of the molecule is CC/C=C\C/C=C\C/C=C\C/C=C\C/C=C\C/C=C\C/C=C\C/C=C\CCCCCCCCC(=O)OCC(COC(=O)CCCCC/C=C\C/C=C\C/C=C\CC)OC(=O)CCCCCCCCC/C=C\C/C=C\C/C=C\CC. The molecule has 0 radical (unpaired) electrons. The van der Waals surface area contributed by atoms with E-state index in [-0.39, 0.29) is 31.1 Å². The topological polar surface area (TPSA) is 78.9 Å². The fourth-order valence-corrected chi connectivity index (χ4v) is 8.07. The molecule has 1 unspecified atom stereocenters. The molecule has 79 heavy (non-hydrogen) atoms. The van der Waals surface area contributed by atoms with E-state index in [1.54, 1.807) is 0 Å². The first kappa shape index (κ1) is 73.8. The number of esters is 3. The first-order valence-electron chi connectivity index (χ1n) is 31.6.